The Morgan fingerprint density at radius 3 is 2.25 bits per heavy atom. The molecule has 0 aliphatic carbocycles. The third-order valence-electron chi connectivity index (χ3n) is 1.51. The van der Waals surface area contributed by atoms with E-state index in [0.717, 1.165) is 19.4 Å². The summed E-state index contributed by atoms with van der Waals surface area (Å²) in [5, 5.41) is 0. The highest BCUT2D eigenvalue weighted by atomic mass is 14.5. The van der Waals surface area contributed by atoms with E-state index in [1.807, 2.05) is 19.9 Å². The van der Waals surface area contributed by atoms with Crippen molar-refractivity contribution >= 4 is 0 Å². The molecule has 0 heterocycles. The average molecular weight is 167 g/mol. The maximum Gasteiger partial charge on any atom is 0 e. The van der Waals surface area contributed by atoms with E-state index in [2.05, 4.69) is 24.3 Å². The zero-order chi connectivity index (χ0) is 9.23. The van der Waals surface area contributed by atoms with Crippen LogP contribution in [-0.2, 0) is 6.42 Å². The normalized spacial score (nSPS) is 8.58. The topological polar surface area (TPSA) is 26.0 Å². The fourth-order valence-corrected chi connectivity index (χ4v) is 0.951. The van der Waals surface area contributed by atoms with E-state index < -0.39 is 0 Å². The van der Waals surface area contributed by atoms with Gasteiger partial charge in [-0.05, 0) is 24.9 Å². The number of benzene rings is 1. The number of aryl methyl sites for hydroxylation is 1. The molecule has 0 bridgehead atoms. The molecule has 70 valence electrons. The molecule has 1 aromatic rings. The van der Waals surface area contributed by atoms with E-state index in [1.54, 1.807) is 0 Å². The standard InChI is InChI=1S/C9H13N.C2H6.H2/c10-8-4-7-9-5-2-1-3-6-9;1-2;/h1-3,5-6H,4,7-8,10H2;1-2H3;1H. The van der Waals surface area contributed by atoms with Gasteiger partial charge in [-0.25, -0.2) is 0 Å². The molecule has 0 spiro atoms. The molecule has 12 heavy (non-hydrogen) atoms. The van der Waals surface area contributed by atoms with Crippen molar-refractivity contribution in [1.29, 1.82) is 0 Å². The fourth-order valence-electron chi connectivity index (χ4n) is 0.951. The Balaban J connectivity index is 0. The average Bonchev–Trinajstić information content (AvgIpc) is 2.19. The molecule has 0 aromatic heterocycles. The highest BCUT2D eigenvalue weighted by molar-refractivity contribution is 5.14. The molecule has 0 amide bonds. The summed E-state index contributed by atoms with van der Waals surface area (Å²) in [5.41, 5.74) is 6.76. The van der Waals surface area contributed by atoms with E-state index in [-0.39, 0.29) is 1.43 Å². The van der Waals surface area contributed by atoms with Crippen LogP contribution in [0.2, 0.25) is 0 Å². The molecule has 2 N–H and O–H groups in total. The number of nitrogens with two attached hydrogens (primary N) is 1. The van der Waals surface area contributed by atoms with Crippen LogP contribution in [-0.4, -0.2) is 6.54 Å². The van der Waals surface area contributed by atoms with Crippen LogP contribution in [0, 0.1) is 0 Å². The van der Waals surface area contributed by atoms with E-state index in [1.165, 1.54) is 5.56 Å². The highest BCUT2D eigenvalue weighted by Gasteiger charge is 1.87. The van der Waals surface area contributed by atoms with Gasteiger partial charge in [0, 0.05) is 1.43 Å². The number of hydrogen-bond donors (Lipinski definition) is 1. The Hall–Kier alpha value is -0.820. The SMILES string of the molecule is CC.NCCCc1ccccc1.[HH]. The van der Waals surface area contributed by atoms with Gasteiger partial charge < -0.3 is 5.73 Å². The zero-order valence-electron chi connectivity index (χ0n) is 8.09. The summed E-state index contributed by atoms with van der Waals surface area (Å²) in [5.74, 6) is 0. The summed E-state index contributed by atoms with van der Waals surface area (Å²) in [6.07, 6.45) is 2.20. The second-order valence-electron chi connectivity index (χ2n) is 2.38. The highest BCUT2D eigenvalue weighted by Crippen LogP contribution is 2.00. The predicted octanol–water partition coefficient (Wildman–Crippen LogP) is 2.85. The lowest BCUT2D eigenvalue weighted by atomic mass is 10.1. The minimum Gasteiger partial charge on any atom is -0.330 e. The van der Waals surface area contributed by atoms with Crippen molar-refractivity contribution < 1.29 is 1.43 Å². The molecular weight excluding hydrogens is 146 g/mol. The summed E-state index contributed by atoms with van der Waals surface area (Å²) < 4.78 is 0. The van der Waals surface area contributed by atoms with Crippen molar-refractivity contribution in [2.24, 2.45) is 5.73 Å². The van der Waals surface area contributed by atoms with Crippen molar-refractivity contribution in [3.05, 3.63) is 35.9 Å². The summed E-state index contributed by atoms with van der Waals surface area (Å²) >= 11 is 0. The maximum absolute atomic E-state index is 5.38. The van der Waals surface area contributed by atoms with Crippen LogP contribution in [0.25, 0.3) is 0 Å². The van der Waals surface area contributed by atoms with Gasteiger partial charge >= 0.3 is 0 Å². The predicted molar refractivity (Wildman–Crippen MR) is 57.3 cm³/mol. The first-order valence-corrected chi connectivity index (χ1v) is 4.67. The van der Waals surface area contributed by atoms with Crippen LogP contribution in [0.1, 0.15) is 27.3 Å². The van der Waals surface area contributed by atoms with Gasteiger partial charge in [-0.2, -0.15) is 0 Å². The van der Waals surface area contributed by atoms with Crippen molar-refractivity contribution in [2.75, 3.05) is 6.54 Å². The second kappa shape index (κ2) is 8.28. The lowest BCUT2D eigenvalue weighted by Gasteiger charge is -1.96. The van der Waals surface area contributed by atoms with Gasteiger partial charge in [-0.3, -0.25) is 0 Å². The Morgan fingerprint density at radius 1 is 1.17 bits per heavy atom. The molecule has 1 aromatic carbocycles. The first-order chi connectivity index (χ1) is 5.93. The van der Waals surface area contributed by atoms with Crippen molar-refractivity contribution in [3.8, 4) is 0 Å². The Kier molecular flexibility index (Phi) is 7.71. The Morgan fingerprint density at radius 2 is 1.75 bits per heavy atom. The van der Waals surface area contributed by atoms with Crippen molar-refractivity contribution in [2.45, 2.75) is 26.7 Å². The van der Waals surface area contributed by atoms with E-state index in [9.17, 15) is 0 Å². The van der Waals surface area contributed by atoms with Crippen LogP contribution < -0.4 is 5.73 Å². The minimum absolute atomic E-state index is 0. The molecular formula is C11H21N. The first kappa shape index (κ1) is 11.2. The van der Waals surface area contributed by atoms with Gasteiger partial charge in [0.2, 0.25) is 0 Å². The molecule has 1 nitrogen and oxygen atoms in total. The van der Waals surface area contributed by atoms with Crippen LogP contribution in [0.4, 0.5) is 0 Å². The molecule has 0 aliphatic heterocycles. The van der Waals surface area contributed by atoms with Crippen LogP contribution in [0.5, 0.6) is 0 Å². The minimum atomic E-state index is 0. The summed E-state index contributed by atoms with van der Waals surface area (Å²) in [4.78, 5) is 0. The van der Waals surface area contributed by atoms with Crippen molar-refractivity contribution in [1.82, 2.24) is 0 Å². The molecule has 0 aliphatic rings. The number of rotatable bonds is 3. The van der Waals surface area contributed by atoms with E-state index in [4.69, 9.17) is 5.73 Å². The monoisotopic (exact) mass is 167 g/mol. The summed E-state index contributed by atoms with van der Waals surface area (Å²) in [6, 6.07) is 10.4. The maximum atomic E-state index is 5.38. The first-order valence-electron chi connectivity index (χ1n) is 4.67. The van der Waals surface area contributed by atoms with Gasteiger partial charge in [-0.15, -0.1) is 0 Å². The lowest BCUT2D eigenvalue weighted by molar-refractivity contribution is 0.833. The van der Waals surface area contributed by atoms with Crippen LogP contribution in [0.3, 0.4) is 0 Å². The van der Waals surface area contributed by atoms with Crippen molar-refractivity contribution in [3.63, 3.8) is 0 Å². The van der Waals surface area contributed by atoms with Crippen LogP contribution in [0.15, 0.2) is 30.3 Å². The molecule has 1 heteroatoms. The molecule has 1 rings (SSSR count). The van der Waals surface area contributed by atoms with Gasteiger partial charge in [0.05, 0.1) is 0 Å². The molecule has 0 saturated carbocycles. The third kappa shape index (κ3) is 4.91. The number of hydrogen-bond acceptors (Lipinski definition) is 1. The molecule has 0 saturated heterocycles. The second-order valence-corrected chi connectivity index (χ2v) is 2.38. The Labute approximate surface area is 77.1 Å². The van der Waals surface area contributed by atoms with Crippen LogP contribution >= 0.6 is 0 Å². The zero-order valence-corrected chi connectivity index (χ0v) is 8.09. The van der Waals surface area contributed by atoms with Gasteiger partial charge in [0.25, 0.3) is 0 Å². The van der Waals surface area contributed by atoms with Gasteiger partial charge in [0.15, 0.2) is 0 Å². The molecule has 0 fully saturated rings. The largest absolute Gasteiger partial charge is 0.330 e. The third-order valence-corrected chi connectivity index (χ3v) is 1.51. The summed E-state index contributed by atoms with van der Waals surface area (Å²) in [7, 11) is 0. The quantitative estimate of drug-likeness (QED) is 0.736. The lowest BCUT2D eigenvalue weighted by Crippen LogP contribution is -1.99. The molecule has 0 atom stereocenters. The van der Waals surface area contributed by atoms with E-state index in [0.29, 0.717) is 0 Å². The van der Waals surface area contributed by atoms with Gasteiger partial charge in [-0.1, -0.05) is 44.2 Å². The Bertz CT molecular complexity index is 175. The molecule has 0 unspecified atom stereocenters. The van der Waals surface area contributed by atoms with Gasteiger partial charge in [0.1, 0.15) is 0 Å². The fraction of sp³-hybridized carbons (Fsp3) is 0.455. The smallest absolute Gasteiger partial charge is 0 e. The molecule has 0 radical (unpaired) electrons. The van der Waals surface area contributed by atoms with E-state index >= 15 is 0 Å². The summed E-state index contributed by atoms with van der Waals surface area (Å²) in [6.45, 7) is 4.79.